The molecule has 0 saturated carbocycles. The average molecular weight is 290 g/mol. The van der Waals surface area contributed by atoms with Crippen molar-refractivity contribution in [3.05, 3.63) is 28.2 Å². The van der Waals surface area contributed by atoms with E-state index in [0.717, 1.165) is 22.4 Å². The fourth-order valence-electron chi connectivity index (χ4n) is 1.56. The van der Waals surface area contributed by atoms with Crippen LogP contribution in [0, 0.1) is 0 Å². The average Bonchev–Trinajstić information content (AvgIpc) is 2.26. The van der Waals surface area contributed by atoms with Gasteiger partial charge in [-0.2, -0.15) is 12.6 Å². The first kappa shape index (κ1) is 12.9. The molecule has 0 spiro atoms. The summed E-state index contributed by atoms with van der Waals surface area (Å²) < 4.78 is 6.41. The van der Waals surface area contributed by atoms with Crippen molar-refractivity contribution in [1.82, 2.24) is 5.32 Å². The molecule has 1 atom stereocenters. The second-order valence-electron chi connectivity index (χ2n) is 3.24. The predicted octanol–water partition coefficient (Wildman–Crippen LogP) is 3.04. The number of benzene rings is 1. The number of methoxy groups -OCH3 is 1. The molecule has 1 aromatic carbocycles. The first-order valence-corrected chi connectivity index (χ1v) is 6.27. The first-order valence-electron chi connectivity index (χ1n) is 4.84. The van der Waals surface area contributed by atoms with Crippen molar-refractivity contribution in [3.63, 3.8) is 0 Å². The molecule has 1 aromatic rings. The monoisotopic (exact) mass is 289 g/mol. The van der Waals surface area contributed by atoms with Gasteiger partial charge >= 0.3 is 0 Å². The minimum Gasteiger partial charge on any atom is -0.496 e. The highest BCUT2D eigenvalue weighted by atomic mass is 79.9. The predicted molar refractivity (Wildman–Crippen MR) is 71.0 cm³/mol. The van der Waals surface area contributed by atoms with E-state index in [4.69, 9.17) is 4.74 Å². The van der Waals surface area contributed by atoms with Crippen LogP contribution in [0.2, 0.25) is 0 Å². The number of thiol groups is 1. The smallest absolute Gasteiger partial charge is 0.123 e. The van der Waals surface area contributed by atoms with Crippen LogP contribution in [-0.2, 0) is 0 Å². The maximum Gasteiger partial charge on any atom is 0.123 e. The Morgan fingerprint density at radius 3 is 2.80 bits per heavy atom. The van der Waals surface area contributed by atoms with E-state index in [2.05, 4.69) is 39.9 Å². The molecule has 4 heteroatoms. The fraction of sp³-hybridized carbons (Fsp3) is 0.455. The van der Waals surface area contributed by atoms with Crippen molar-refractivity contribution < 1.29 is 4.74 Å². The second kappa shape index (κ2) is 6.40. The van der Waals surface area contributed by atoms with Crippen LogP contribution in [0.15, 0.2) is 22.7 Å². The van der Waals surface area contributed by atoms with Gasteiger partial charge in [-0.15, -0.1) is 0 Å². The molecular weight excluding hydrogens is 274 g/mol. The molecule has 0 aliphatic carbocycles. The third kappa shape index (κ3) is 3.40. The number of halogens is 1. The molecule has 84 valence electrons. The van der Waals surface area contributed by atoms with E-state index in [1.54, 1.807) is 7.11 Å². The molecule has 1 rings (SSSR count). The van der Waals surface area contributed by atoms with Crippen molar-refractivity contribution in [2.45, 2.75) is 12.5 Å². The van der Waals surface area contributed by atoms with Crippen LogP contribution >= 0.6 is 28.6 Å². The fourth-order valence-corrected chi connectivity index (χ4v) is 2.20. The van der Waals surface area contributed by atoms with Gasteiger partial charge in [-0.25, -0.2) is 0 Å². The topological polar surface area (TPSA) is 21.3 Å². The lowest BCUT2D eigenvalue weighted by atomic mass is 10.0. The van der Waals surface area contributed by atoms with Gasteiger partial charge in [0.25, 0.3) is 0 Å². The summed E-state index contributed by atoms with van der Waals surface area (Å²) >= 11 is 7.73. The van der Waals surface area contributed by atoms with Gasteiger partial charge in [0.05, 0.1) is 7.11 Å². The standard InChI is InChI=1S/C11H16BrNOS/c1-13-10(5-6-15)9-7-8(12)3-4-11(9)14-2/h3-4,7,10,13,15H,5-6H2,1-2H3. The maximum absolute atomic E-state index is 5.34. The molecule has 0 amide bonds. The van der Waals surface area contributed by atoms with Crippen LogP contribution in [0.5, 0.6) is 5.75 Å². The van der Waals surface area contributed by atoms with Gasteiger partial charge in [-0.05, 0) is 37.4 Å². The quantitative estimate of drug-likeness (QED) is 0.813. The van der Waals surface area contributed by atoms with E-state index in [1.165, 1.54) is 5.56 Å². The molecule has 1 unspecified atom stereocenters. The van der Waals surface area contributed by atoms with Crippen LogP contribution in [-0.4, -0.2) is 19.9 Å². The summed E-state index contributed by atoms with van der Waals surface area (Å²) in [6.45, 7) is 0. The van der Waals surface area contributed by atoms with E-state index in [-0.39, 0.29) is 6.04 Å². The zero-order valence-corrected chi connectivity index (χ0v) is 11.4. The minimum atomic E-state index is 0.287. The van der Waals surface area contributed by atoms with Gasteiger partial charge in [0.15, 0.2) is 0 Å². The Balaban J connectivity index is 3.02. The molecule has 0 fully saturated rings. The summed E-state index contributed by atoms with van der Waals surface area (Å²) in [7, 11) is 3.65. The second-order valence-corrected chi connectivity index (χ2v) is 4.60. The summed E-state index contributed by atoms with van der Waals surface area (Å²) in [5.74, 6) is 1.76. The zero-order valence-electron chi connectivity index (χ0n) is 8.96. The van der Waals surface area contributed by atoms with Crippen molar-refractivity contribution >= 4 is 28.6 Å². The molecule has 0 aromatic heterocycles. The maximum atomic E-state index is 5.34. The van der Waals surface area contributed by atoms with Crippen LogP contribution in [0.4, 0.5) is 0 Å². The van der Waals surface area contributed by atoms with Gasteiger partial charge in [0.2, 0.25) is 0 Å². The number of ether oxygens (including phenoxy) is 1. The summed E-state index contributed by atoms with van der Waals surface area (Å²) in [5.41, 5.74) is 1.17. The number of hydrogen-bond donors (Lipinski definition) is 2. The lowest BCUT2D eigenvalue weighted by molar-refractivity contribution is 0.400. The lowest BCUT2D eigenvalue weighted by Gasteiger charge is -2.18. The summed E-state index contributed by atoms with van der Waals surface area (Å²) in [5, 5.41) is 3.27. The van der Waals surface area contributed by atoms with Gasteiger partial charge in [0.1, 0.15) is 5.75 Å². The van der Waals surface area contributed by atoms with Gasteiger partial charge in [-0.1, -0.05) is 15.9 Å². The number of nitrogens with one attached hydrogen (secondary N) is 1. The normalized spacial score (nSPS) is 12.5. The van der Waals surface area contributed by atoms with Crippen LogP contribution in [0.3, 0.4) is 0 Å². The van der Waals surface area contributed by atoms with Crippen molar-refractivity contribution in [2.75, 3.05) is 19.9 Å². The van der Waals surface area contributed by atoms with E-state index in [0.29, 0.717) is 0 Å². The summed E-state index contributed by atoms with van der Waals surface area (Å²) in [6, 6.07) is 6.33. The Morgan fingerprint density at radius 1 is 1.53 bits per heavy atom. The van der Waals surface area contributed by atoms with Crippen molar-refractivity contribution in [1.29, 1.82) is 0 Å². The molecule has 0 saturated heterocycles. The highest BCUT2D eigenvalue weighted by Crippen LogP contribution is 2.30. The molecule has 0 aliphatic heterocycles. The van der Waals surface area contributed by atoms with Crippen LogP contribution < -0.4 is 10.1 Å². The molecule has 0 bridgehead atoms. The Labute approximate surface area is 105 Å². The van der Waals surface area contributed by atoms with Crippen LogP contribution in [0.25, 0.3) is 0 Å². The summed E-state index contributed by atoms with van der Waals surface area (Å²) in [4.78, 5) is 0. The molecule has 1 N–H and O–H groups in total. The molecule has 15 heavy (non-hydrogen) atoms. The first-order chi connectivity index (χ1) is 7.22. The van der Waals surface area contributed by atoms with Gasteiger partial charge in [-0.3, -0.25) is 0 Å². The Hall–Kier alpha value is -0.190. The summed E-state index contributed by atoms with van der Waals surface area (Å²) in [6.07, 6.45) is 0.979. The highest BCUT2D eigenvalue weighted by Gasteiger charge is 2.13. The zero-order chi connectivity index (χ0) is 11.3. The Kier molecular flexibility index (Phi) is 5.50. The molecular formula is C11H16BrNOS. The lowest BCUT2D eigenvalue weighted by Crippen LogP contribution is -2.17. The Morgan fingerprint density at radius 2 is 2.27 bits per heavy atom. The van der Waals surface area contributed by atoms with Crippen molar-refractivity contribution in [3.8, 4) is 5.75 Å². The molecule has 0 heterocycles. The third-order valence-electron chi connectivity index (χ3n) is 2.33. The molecule has 2 nitrogen and oxygen atoms in total. The Bertz CT molecular complexity index is 319. The van der Waals surface area contributed by atoms with E-state index >= 15 is 0 Å². The number of hydrogen-bond acceptors (Lipinski definition) is 3. The van der Waals surface area contributed by atoms with E-state index in [9.17, 15) is 0 Å². The van der Waals surface area contributed by atoms with Gasteiger partial charge in [0, 0.05) is 16.1 Å². The third-order valence-corrected chi connectivity index (χ3v) is 3.08. The SMILES string of the molecule is CNC(CCS)c1cc(Br)ccc1OC. The minimum absolute atomic E-state index is 0.287. The highest BCUT2D eigenvalue weighted by molar-refractivity contribution is 9.10. The molecule has 0 aliphatic rings. The van der Waals surface area contributed by atoms with E-state index in [1.807, 2.05) is 19.2 Å². The van der Waals surface area contributed by atoms with Gasteiger partial charge < -0.3 is 10.1 Å². The van der Waals surface area contributed by atoms with Crippen LogP contribution in [0.1, 0.15) is 18.0 Å². The molecule has 0 radical (unpaired) electrons. The number of rotatable bonds is 5. The van der Waals surface area contributed by atoms with Crippen molar-refractivity contribution in [2.24, 2.45) is 0 Å². The largest absolute Gasteiger partial charge is 0.496 e. The van der Waals surface area contributed by atoms with E-state index < -0.39 is 0 Å².